The Hall–Kier alpha value is -5.16. The second-order valence-corrected chi connectivity index (χ2v) is 18.2. The van der Waals surface area contributed by atoms with Gasteiger partial charge in [0.1, 0.15) is 0 Å². The molecule has 62 heavy (non-hydrogen) atoms. The average molecular weight is 862 g/mol. The molecular formula is C56H58Cl2N2O2. The molecule has 2 aromatic heterocycles. The summed E-state index contributed by atoms with van der Waals surface area (Å²) in [7, 11) is 0. The maximum atomic E-state index is 13.0. The van der Waals surface area contributed by atoms with Crippen LogP contribution in [0.2, 0.25) is 0 Å². The number of hydrogen-bond acceptors (Lipinski definition) is 2. The third-order valence-electron chi connectivity index (χ3n) is 12.8. The van der Waals surface area contributed by atoms with Gasteiger partial charge in [0.2, 0.25) is 0 Å². The zero-order valence-electron chi connectivity index (χ0n) is 36.8. The van der Waals surface area contributed by atoms with Crippen molar-refractivity contribution in [3.8, 4) is 22.5 Å². The Bertz CT molecular complexity index is 2700. The zero-order chi connectivity index (χ0) is 43.3. The predicted molar refractivity (Wildman–Crippen MR) is 265 cm³/mol. The van der Waals surface area contributed by atoms with Crippen molar-refractivity contribution in [2.75, 3.05) is 0 Å². The highest BCUT2D eigenvalue weighted by Crippen LogP contribution is 2.39. The van der Waals surface area contributed by atoms with E-state index in [1.807, 2.05) is 26.0 Å². The van der Waals surface area contributed by atoms with Crippen molar-refractivity contribution in [3.05, 3.63) is 143 Å². The van der Waals surface area contributed by atoms with Gasteiger partial charge in [-0.05, 0) is 169 Å². The van der Waals surface area contributed by atoms with Gasteiger partial charge in [0, 0.05) is 32.9 Å². The number of halogens is 2. The largest absolute Gasteiger partial charge is 0.308 e. The van der Waals surface area contributed by atoms with E-state index in [1.165, 1.54) is 88.2 Å². The quantitative estimate of drug-likeness (QED) is 0.0600. The first-order chi connectivity index (χ1) is 30.2. The molecule has 0 fully saturated rings. The van der Waals surface area contributed by atoms with Crippen LogP contribution in [0.1, 0.15) is 134 Å². The summed E-state index contributed by atoms with van der Waals surface area (Å²) in [5.74, 6) is 0. The van der Waals surface area contributed by atoms with Crippen molar-refractivity contribution in [2.24, 2.45) is 0 Å². The molecule has 8 aromatic rings. The summed E-state index contributed by atoms with van der Waals surface area (Å²) < 4.78 is 4.39. The molecule has 0 aliphatic heterocycles. The van der Waals surface area contributed by atoms with Gasteiger partial charge in [0.15, 0.2) is 0 Å². The van der Waals surface area contributed by atoms with Gasteiger partial charge in [0.05, 0.1) is 33.2 Å². The molecule has 0 aliphatic carbocycles. The molecule has 318 valence electrons. The summed E-state index contributed by atoms with van der Waals surface area (Å²) in [4.78, 5) is 25.9. The molecule has 0 bridgehead atoms. The van der Waals surface area contributed by atoms with E-state index >= 15 is 0 Å². The van der Waals surface area contributed by atoms with Crippen LogP contribution in [0.25, 0.3) is 66.1 Å². The summed E-state index contributed by atoms with van der Waals surface area (Å²) in [5.41, 5.74) is 13.5. The van der Waals surface area contributed by atoms with Crippen LogP contribution in [0.15, 0.2) is 109 Å². The summed E-state index contributed by atoms with van der Waals surface area (Å²) in [6, 6.07) is 38.8. The van der Waals surface area contributed by atoms with Gasteiger partial charge < -0.3 is 9.13 Å². The zero-order valence-corrected chi connectivity index (χ0v) is 38.3. The van der Waals surface area contributed by atoms with E-state index in [2.05, 4.69) is 120 Å². The summed E-state index contributed by atoms with van der Waals surface area (Å²) >= 11 is 12.6. The van der Waals surface area contributed by atoms with Gasteiger partial charge in [-0.25, -0.2) is 0 Å². The van der Waals surface area contributed by atoms with Crippen LogP contribution in [0.4, 0.5) is 0 Å². The highest BCUT2D eigenvalue weighted by molar-refractivity contribution is 6.69. The lowest BCUT2D eigenvalue weighted by molar-refractivity contribution is 0.107. The molecule has 8 rings (SSSR count). The molecule has 6 heteroatoms. The summed E-state index contributed by atoms with van der Waals surface area (Å²) in [5, 5.41) is 3.45. The molecule has 0 saturated heterocycles. The minimum Gasteiger partial charge on any atom is -0.308 e. The van der Waals surface area contributed by atoms with Crippen LogP contribution in [-0.4, -0.2) is 19.6 Å². The maximum Gasteiger partial charge on any atom is 0.254 e. The Kier molecular flexibility index (Phi) is 13.7. The number of carbonyl (C=O) groups excluding carboxylic acids is 2. The molecule has 0 spiro atoms. The van der Waals surface area contributed by atoms with Crippen molar-refractivity contribution in [3.63, 3.8) is 0 Å². The second-order valence-electron chi connectivity index (χ2n) is 17.5. The molecule has 0 radical (unpaired) electrons. The molecular weight excluding hydrogens is 804 g/mol. The Morgan fingerprint density at radius 3 is 1.18 bits per heavy atom. The minimum atomic E-state index is -0.457. The number of fused-ring (bicyclic) bond motifs is 6. The van der Waals surface area contributed by atoms with E-state index in [1.54, 1.807) is 0 Å². The predicted octanol–water partition coefficient (Wildman–Crippen LogP) is 16.7. The summed E-state index contributed by atoms with van der Waals surface area (Å²) in [6.45, 7) is 8.57. The molecule has 0 aliphatic rings. The summed E-state index contributed by atoms with van der Waals surface area (Å²) in [6.07, 6.45) is 17.2. The van der Waals surface area contributed by atoms with E-state index in [-0.39, 0.29) is 0 Å². The van der Waals surface area contributed by atoms with Crippen LogP contribution in [0.3, 0.4) is 0 Å². The number of unbranched alkanes of at least 4 members (excludes halogenated alkanes) is 10. The smallest absolute Gasteiger partial charge is 0.254 e. The van der Waals surface area contributed by atoms with Crippen molar-refractivity contribution < 1.29 is 9.59 Å². The third kappa shape index (κ3) is 9.01. The molecule has 2 heterocycles. The topological polar surface area (TPSA) is 44.0 Å². The minimum absolute atomic E-state index is 0.457. The van der Waals surface area contributed by atoms with Crippen LogP contribution in [-0.2, 0) is 12.8 Å². The molecule has 0 N–H and O–H groups in total. The number of rotatable bonds is 19. The van der Waals surface area contributed by atoms with Gasteiger partial charge in [-0.2, -0.15) is 0 Å². The Labute approximate surface area is 376 Å². The van der Waals surface area contributed by atoms with Gasteiger partial charge >= 0.3 is 0 Å². The van der Waals surface area contributed by atoms with Gasteiger partial charge in [-0.15, -0.1) is 0 Å². The van der Waals surface area contributed by atoms with E-state index in [0.717, 1.165) is 90.1 Å². The van der Waals surface area contributed by atoms with Crippen molar-refractivity contribution in [1.29, 1.82) is 0 Å². The van der Waals surface area contributed by atoms with Crippen molar-refractivity contribution in [1.82, 2.24) is 9.13 Å². The van der Waals surface area contributed by atoms with E-state index in [9.17, 15) is 9.59 Å². The average Bonchev–Trinajstić information content (AvgIpc) is 3.77. The van der Waals surface area contributed by atoms with Crippen molar-refractivity contribution >= 4 is 77.3 Å². The lowest BCUT2D eigenvalue weighted by Gasteiger charge is -2.13. The number of aryl methyl sites for hydroxylation is 4. The standard InChI is InChI=1S/C56H58Cl2N2O2/c1-5-7-9-11-13-15-17-39-19-29-51-45(35-39)47-31-37(3)33-49(55(57)61)53(47)59(51)43-25-21-41(22-26-43)42-23-27-44(28-24-42)60-52-30-20-40(18-16-14-12-10-8-6-2)36-46(52)48-32-38(4)34-50(54(48)60)56(58)62/h19-36H,5-18H2,1-4H3. The maximum absolute atomic E-state index is 13.0. The Morgan fingerprint density at radius 2 is 0.806 bits per heavy atom. The van der Waals surface area contributed by atoms with Gasteiger partial charge in [-0.1, -0.05) is 114 Å². The van der Waals surface area contributed by atoms with Gasteiger partial charge in [0.25, 0.3) is 10.5 Å². The Morgan fingerprint density at radius 1 is 0.435 bits per heavy atom. The first kappa shape index (κ1) is 43.5. The molecule has 0 atom stereocenters. The number of nitrogens with zero attached hydrogens (tertiary/aromatic N) is 2. The fraction of sp³-hybridized carbons (Fsp3) is 0.321. The molecule has 0 unspecified atom stereocenters. The van der Waals surface area contributed by atoms with Gasteiger partial charge in [-0.3, -0.25) is 9.59 Å². The molecule has 4 nitrogen and oxygen atoms in total. The first-order valence-corrected chi connectivity index (χ1v) is 23.7. The molecule has 0 amide bonds. The monoisotopic (exact) mass is 860 g/mol. The lowest BCUT2D eigenvalue weighted by Crippen LogP contribution is -2.00. The number of hydrogen-bond donors (Lipinski definition) is 0. The van der Waals surface area contributed by atoms with E-state index in [4.69, 9.17) is 23.2 Å². The van der Waals surface area contributed by atoms with Crippen LogP contribution in [0, 0.1) is 13.8 Å². The molecule has 0 saturated carbocycles. The van der Waals surface area contributed by atoms with Crippen LogP contribution >= 0.6 is 23.2 Å². The van der Waals surface area contributed by atoms with Crippen LogP contribution in [0.5, 0.6) is 0 Å². The normalized spacial score (nSPS) is 11.8. The highest BCUT2D eigenvalue weighted by atomic mass is 35.5. The fourth-order valence-corrected chi connectivity index (χ4v) is 9.94. The SMILES string of the molecule is CCCCCCCCc1ccc2c(c1)c1cc(C)cc(C(=O)Cl)c1n2-c1ccc(-c2ccc(-n3c4ccc(CCCCCCCC)cc4c4cc(C)cc(C(=O)Cl)c43)cc2)cc1. The second kappa shape index (κ2) is 19.5. The third-order valence-corrected chi connectivity index (χ3v) is 13.2. The van der Waals surface area contributed by atoms with E-state index in [0.29, 0.717) is 11.1 Å². The Balaban J connectivity index is 1.12. The van der Waals surface area contributed by atoms with Crippen LogP contribution < -0.4 is 0 Å². The number of aromatic nitrogens is 2. The number of carbonyl (C=O) groups is 2. The fourth-order valence-electron chi connectivity index (χ4n) is 9.65. The number of benzene rings is 6. The van der Waals surface area contributed by atoms with E-state index < -0.39 is 10.5 Å². The molecule has 6 aromatic carbocycles. The van der Waals surface area contributed by atoms with Crippen molar-refractivity contribution in [2.45, 2.75) is 118 Å². The lowest BCUT2D eigenvalue weighted by atomic mass is 10.0. The first-order valence-electron chi connectivity index (χ1n) is 22.9. The highest BCUT2D eigenvalue weighted by Gasteiger charge is 2.22.